The van der Waals surface area contributed by atoms with Crippen molar-refractivity contribution in [3.8, 4) is 5.75 Å². The number of aliphatic hydroxyl groups is 1. The number of para-hydroxylation sites is 1. The van der Waals surface area contributed by atoms with Crippen LogP contribution in [0.15, 0.2) is 18.2 Å². The van der Waals surface area contributed by atoms with Crippen molar-refractivity contribution in [3.63, 3.8) is 0 Å². The largest absolute Gasteiger partial charge is 0.487 e. The van der Waals surface area contributed by atoms with E-state index in [0.29, 0.717) is 12.5 Å². The highest BCUT2D eigenvalue weighted by atomic mass is 16.5. The van der Waals surface area contributed by atoms with Crippen molar-refractivity contribution in [3.05, 3.63) is 29.3 Å². The molecule has 1 aliphatic carbocycles. The second-order valence-electron chi connectivity index (χ2n) is 7.69. The molecule has 3 atom stereocenters. The van der Waals surface area contributed by atoms with Gasteiger partial charge in [-0.2, -0.15) is 0 Å². The molecule has 0 spiro atoms. The molecule has 3 unspecified atom stereocenters. The minimum absolute atomic E-state index is 0.184. The summed E-state index contributed by atoms with van der Waals surface area (Å²) in [7, 11) is 0. The van der Waals surface area contributed by atoms with Gasteiger partial charge in [0.2, 0.25) is 0 Å². The fraction of sp³-hybridized carbons (Fsp3) is 0.667. The molecule has 0 aromatic heterocycles. The summed E-state index contributed by atoms with van der Waals surface area (Å²) in [6.45, 7) is 6.98. The molecule has 21 heavy (non-hydrogen) atoms. The monoisotopic (exact) mass is 289 g/mol. The van der Waals surface area contributed by atoms with E-state index in [1.807, 2.05) is 12.1 Å². The van der Waals surface area contributed by atoms with E-state index in [0.717, 1.165) is 37.0 Å². The third-order valence-electron chi connectivity index (χ3n) is 5.29. The molecule has 2 aliphatic rings. The molecule has 1 aliphatic heterocycles. The van der Waals surface area contributed by atoms with Crippen LogP contribution in [0.2, 0.25) is 0 Å². The highest BCUT2D eigenvalue weighted by molar-refractivity contribution is 5.47. The topological polar surface area (TPSA) is 55.5 Å². The fourth-order valence-corrected chi connectivity index (χ4v) is 4.16. The summed E-state index contributed by atoms with van der Waals surface area (Å²) in [6.07, 6.45) is 3.51. The molecule has 3 heteroatoms. The molecule has 3 rings (SSSR count). The zero-order valence-electron chi connectivity index (χ0n) is 13.4. The normalized spacial score (nSPS) is 31.8. The zero-order chi connectivity index (χ0) is 15.3. The van der Waals surface area contributed by atoms with Gasteiger partial charge < -0.3 is 15.6 Å². The van der Waals surface area contributed by atoms with Gasteiger partial charge in [-0.3, -0.25) is 0 Å². The highest BCUT2D eigenvalue weighted by Crippen LogP contribution is 2.52. The Hall–Kier alpha value is -1.06. The van der Waals surface area contributed by atoms with Crippen molar-refractivity contribution in [1.82, 2.24) is 0 Å². The molecule has 1 aromatic rings. The van der Waals surface area contributed by atoms with Gasteiger partial charge in [-0.05, 0) is 38.2 Å². The lowest BCUT2D eigenvalue weighted by molar-refractivity contribution is 0.0265. The summed E-state index contributed by atoms with van der Waals surface area (Å²) in [5, 5.41) is 11.1. The Morgan fingerprint density at radius 2 is 2.19 bits per heavy atom. The van der Waals surface area contributed by atoms with Gasteiger partial charge in [-0.1, -0.05) is 31.5 Å². The molecule has 3 N–H and O–H groups in total. The maximum Gasteiger partial charge on any atom is 0.129 e. The number of fused-ring (bicyclic) bond motifs is 1. The van der Waals surface area contributed by atoms with Gasteiger partial charge in [-0.15, -0.1) is 0 Å². The van der Waals surface area contributed by atoms with E-state index in [9.17, 15) is 5.11 Å². The highest BCUT2D eigenvalue weighted by Gasteiger charge is 2.45. The Morgan fingerprint density at radius 1 is 1.43 bits per heavy atom. The molecule has 1 heterocycles. The smallest absolute Gasteiger partial charge is 0.129 e. The minimum atomic E-state index is -0.531. The van der Waals surface area contributed by atoms with Crippen LogP contribution >= 0.6 is 0 Å². The first-order chi connectivity index (χ1) is 9.87. The quantitative estimate of drug-likeness (QED) is 0.898. The number of ether oxygens (including phenoxy) is 1. The maximum absolute atomic E-state index is 11.1. The van der Waals surface area contributed by atoms with E-state index < -0.39 is 6.10 Å². The van der Waals surface area contributed by atoms with E-state index in [1.165, 1.54) is 5.56 Å². The van der Waals surface area contributed by atoms with E-state index >= 15 is 0 Å². The van der Waals surface area contributed by atoms with Crippen molar-refractivity contribution in [2.24, 2.45) is 17.1 Å². The summed E-state index contributed by atoms with van der Waals surface area (Å²) in [6, 6.07) is 6.14. The van der Waals surface area contributed by atoms with Gasteiger partial charge in [0, 0.05) is 23.9 Å². The lowest BCUT2D eigenvalue weighted by Gasteiger charge is -2.34. The van der Waals surface area contributed by atoms with E-state index in [-0.39, 0.29) is 11.0 Å². The lowest BCUT2D eigenvalue weighted by atomic mass is 9.76. The first kappa shape index (κ1) is 14.9. The standard InChI is InChI=1S/C18H27NO2/c1-12-7-8-18(9-12,11-19)16(20)14-6-4-5-13-10-17(2,3)21-15(13)14/h4-6,12,16,20H,7-11,19H2,1-3H3. The molecular formula is C18H27NO2. The van der Waals surface area contributed by atoms with Gasteiger partial charge >= 0.3 is 0 Å². The fourth-order valence-electron chi connectivity index (χ4n) is 4.16. The Morgan fingerprint density at radius 3 is 2.81 bits per heavy atom. The molecule has 1 fully saturated rings. The number of hydrogen-bond donors (Lipinski definition) is 2. The average Bonchev–Trinajstić information content (AvgIpc) is 2.96. The van der Waals surface area contributed by atoms with Crippen LogP contribution < -0.4 is 10.5 Å². The van der Waals surface area contributed by atoms with Crippen molar-refractivity contribution in [2.75, 3.05) is 6.54 Å². The van der Waals surface area contributed by atoms with E-state index in [2.05, 4.69) is 26.8 Å². The lowest BCUT2D eigenvalue weighted by Crippen LogP contribution is -2.35. The number of aliphatic hydroxyl groups excluding tert-OH is 1. The van der Waals surface area contributed by atoms with Gasteiger partial charge in [0.15, 0.2) is 0 Å². The molecule has 3 nitrogen and oxygen atoms in total. The second kappa shape index (κ2) is 4.99. The van der Waals surface area contributed by atoms with Crippen LogP contribution in [0.5, 0.6) is 5.75 Å². The van der Waals surface area contributed by atoms with Gasteiger partial charge in [0.05, 0.1) is 6.10 Å². The summed E-state index contributed by atoms with van der Waals surface area (Å²) in [5.41, 5.74) is 7.83. The molecule has 0 bridgehead atoms. The molecular weight excluding hydrogens is 262 g/mol. The van der Waals surface area contributed by atoms with Crippen molar-refractivity contribution in [2.45, 2.75) is 58.2 Å². The van der Waals surface area contributed by atoms with Gasteiger partial charge in [0.25, 0.3) is 0 Å². The van der Waals surface area contributed by atoms with Crippen LogP contribution in [0.25, 0.3) is 0 Å². The Balaban J connectivity index is 1.97. The van der Waals surface area contributed by atoms with Gasteiger partial charge in [0.1, 0.15) is 11.4 Å². The van der Waals surface area contributed by atoms with Crippen LogP contribution in [0.4, 0.5) is 0 Å². The van der Waals surface area contributed by atoms with E-state index in [1.54, 1.807) is 0 Å². The van der Waals surface area contributed by atoms with Crippen LogP contribution in [0.3, 0.4) is 0 Å². The Labute approximate surface area is 127 Å². The summed E-state index contributed by atoms with van der Waals surface area (Å²) >= 11 is 0. The molecule has 1 saturated carbocycles. The van der Waals surface area contributed by atoms with Crippen LogP contribution in [-0.4, -0.2) is 17.3 Å². The first-order valence-electron chi connectivity index (χ1n) is 8.06. The summed E-state index contributed by atoms with van der Waals surface area (Å²) in [4.78, 5) is 0. The van der Waals surface area contributed by atoms with Crippen LogP contribution in [0, 0.1) is 11.3 Å². The predicted molar refractivity (Wildman–Crippen MR) is 84.3 cm³/mol. The van der Waals surface area contributed by atoms with Crippen LogP contribution in [-0.2, 0) is 6.42 Å². The Kier molecular flexibility index (Phi) is 3.53. The molecule has 116 valence electrons. The van der Waals surface area contributed by atoms with Crippen LogP contribution in [0.1, 0.15) is 57.3 Å². The van der Waals surface area contributed by atoms with Crippen molar-refractivity contribution in [1.29, 1.82) is 0 Å². The van der Waals surface area contributed by atoms with Gasteiger partial charge in [-0.25, -0.2) is 0 Å². The molecule has 1 aromatic carbocycles. The summed E-state index contributed by atoms with van der Waals surface area (Å²) < 4.78 is 6.12. The molecule has 0 saturated heterocycles. The van der Waals surface area contributed by atoms with E-state index in [4.69, 9.17) is 10.5 Å². The predicted octanol–water partition coefficient (Wildman–Crippen LogP) is 3.20. The third-order valence-corrected chi connectivity index (χ3v) is 5.29. The molecule has 0 amide bonds. The number of benzene rings is 1. The average molecular weight is 289 g/mol. The third kappa shape index (κ3) is 2.47. The number of nitrogens with two attached hydrogens (primary N) is 1. The van der Waals surface area contributed by atoms with Crippen molar-refractivity contribution < 1.29 is 9.84 Å². The number of rotatable bonds is 3. The minimum Gasteiger partial charge on any atom is -0.487 e. The van der Waals surface area contributed by atoms with Crippen molar-refractivity contribution >= 4 is 0 Å². The Bertz CT molecular complexity index is 540. The molecule has 0 radical (unpaired) electrons. The SMILES string of the molecule is CC1CCC(CN)(C(O)c2cccc3c2OC(C)(C)C3)C1. The first-order valence-corrected chi connectivity index (χ1v) is 8.06. The maximum atomic E-state index is 11.1. The second-order valence-corrected chi connectivity index (χ2v) is 7.69. The summed E-state index contributed by atoms with van der Waals surface area (Å²) in [5.74, 6) is 1.53. The zero-order valence-corrected chi connectivity index (χ0v) is 13.4. The number of hydrogen-bond acceptors (Lipinski definition) is 3.